The SMILES string of the molecule is CN=C(NCc1ccc(OC)c(OC(F)F)c1)NCc1ccccc1OC. The fraction of sp³-hybridized carbons (Fsp3) is 0.316. The van der Waals surface area contributed by atoms with Gasteiger partial charge in [0.25, 0.3) is 0 Å². The van der Waals surface area contributed by atoms with Crippen molar-refractivity contribution in [3.05, 3.63) is 53.6 Å². The molecule has 146 valence electrons. The molecule has 0 aromatic heterocycles. The van der Waals surface area contributed by atoms with Crippen molar-refractivity contribution in [1.29, 1.82) is 0 Å². The Morgan fingerprint density at radius 1 is 0.963 bits per heavy atom. The minimum Gasteiger partial charge on any atom is -0.496 e. The molecule has 0 saturated heterocycles. The molecular formula is C19H23F2N3O3. The quantitative estimate of drug-likeness (QED) is 0.545. The van der Waals surface area contributed by atoms with Gasteiger partial charge >= 0.3 is 6.61 Å². The van der Waals surface area contributed by atoms with Crippen LogP contribution in [-0.2, 0) is 13.1 Å². The van der Waals surface area contributed by atoms with Crippen molar-refractivity contribution in [3.8, 4) is 17.2 Å². The first-order chi connectivity index (χ1) is 13.1. The van der Waals surface area contributed by atoms with Crippen LogP contribution in [0.4, 0.5) is 8.78 Å². The highest BCUT2D eigenvalue weighted by atomic mass is 19.3. The first kappa shape index (κ1) is 20.3. The van der Waals surface area contributed by atoms with E-state index in [1.165, 1.54) is 13.2 Å². The van der Waals surface area contributed by atoms with Crippen LogP contribution in [0.25, 0.3) is 0 Å². The van der Waals surface area contributed by atoms with E-state index in [2.05, 4.69) is 20.4 Å². The zero-order valence-electron chi connectivity index (χ0n) is 15.5. The molecule has 0 fully saturated rings. The highest BCUT2D eigenvalue weighted by Crippen LogP contribution is 2.29. The molecule has 0 aliphatic carbocycles. The number of nitrogens with zero attached hydrogens (tertiary/aromatic N) is 1. The number of ether oxygens (including phenoxy) is 3. The zero-order valence-corrected chi connectivity index (χ0v) is 15.5. The number of guanidine groups is 1. The van der Waals surface area contributed by atoms with Crippen LogP contribution in [0.2, 0.25) is 0 Å². The standard InChI is InChI=1S/C19H23F2N3O3/c1-22-19(24-12-14-6-4-5-7-15(14)25-2)23-11-13-8-9-16(26-3)17(10-13)27-18(20)21/h4-10,18H,11-12H2,1-3H3,(H2,22,23,24). The zero-order chi connectivity index (χ0) is 19.6. The predicted octanol–water partition coefficient (Wildman–Crippen LogP) is 3.17. The maximum Gasteiger partial charge on any atom is 0.387 e. The van der Waals surface area contributed by atoms with Gasteiger partial charge in [-0.2, -0.15) is 8.78 Å². The molecule has 0 bridgehead atoms. The predicted molar refractivity (Wildman–Crippen MR) is 99.7 cm³/mol. The van der Waals surface area contributed by atoms with E-state index in [-0.39, 0.29) is 11.5 Å². The van der Waals surface area contributed by atoms with Gasteiger partial charge in [0.2, 0.25) is 0 Å². The first-order valence-electron chi connectivity index (χ1n) is 8.25. The van der Waals surface area contributed by atoms with Crippen molar-refractivity contribution in [1.82, 2.24) is 10.6 Å². The molecule has 2 rings (SSSR count). The maximum atomic E-state index is 12.5. The van der Waals surface area contributed by atoms with Crippen molar-refractivity contribution in [3.63, 3.8) is 0 Å². The third-order valence-corrected chi connectivity index (χ3v) is 3.77. The number of hydrogen-bond acceptors (Lipinski definition) is 4. The van der Waals surface area contributed by atoms with Gasteiger partial charge in [0.1, 0.15) is 5.75 Å². The van der Waals surface area contributed by atoms with Gasteiger partial charge in [0, 0.05) is 25.7 Å². The van der Waals surface area contributed by atoms with Crippen LogP contribution in [0.5, 0.6) is 17.2 Å². The number of alkyl halides is 2. The van der Waals surface area contributed by atoms with Crippen LogP contribution in [0, 0.1) is 0 Å². The van der Waals surface area contributed by atoms with Crippen molar-refractivity contribution in [2.45, 2.75) is 19.7 Å². The van der Waals surface area contributed by atoms with Crippen LogP contribution in [0.15, 0.2) is 47.5 Å². The second-order valence-corrected chi connectivity index (χ2v) is 5.45. The Bertz CT molecular complexity index is 770. The number of hydrogen-bond donors (Lipinski definition) is 2. The molecule has 6 nitrogen and oxygen atoms in total. The van der Waals surface area contributed by atoms with E-state index in [9.17, 15) is 8.78 Å². The molecule has 0 amide bonds. The Balaban J connectivity index is 1.97. The lowest BCUT2D eigenvalue weighted by Crippen LogP contribution is -2.36. The second kappa shape index (κ2) is 10.2. The summed E-state index contributed by atoms with van der Waals surface area (Å²) in [7, 11) is 4.67. The average Bonchev–Trinajstić information content (AvgIpc) is 2.68. The monoisotopic (exact) mass is 379 g/mol. The third-order valence-electron chi connectivity index (χ3n) is 3.77. The van der Waals surface area contributed by atoms with Gasteiger partial charge in [-0.05, 0) is 23.8 Å². The van der Waals surface area contributed by atoms with E-state index in [0.29, 0.717) is 19.0 Å². The summed E-state index contributed by atoms with van der Waals surface area (Å²) in [4.78, 5) is 4.16. The van der Waals surface area contributed by atoms with Gasteiger partial charge in [-0.15, -0.1) is 0 Å². The second-order valence-electron chi connectivity index (χ2n) is 5.45. The molecular weight excluding hydrogens is 356 g/mol. The van der Waals surface area contributed by atoms with Gasteiger partial charge < -0.3 is 24.8 Å². The van der Waals surface area contributed by atoms with E-state index in [1.54, 1.807) is 26.3 Å². The number of aliphatic imine (C=N–C) groups is 1. The van der Waals surface area contributed by atoms with Gasteiger partial charge in [-0.25, -0.2) is 0 Å². The highest BCUT2D eigenvalue weighted by Gasteiger charge is 2.11. The fourth-order valence-electron chi connectivity index (χ4n) is 2.45. The van der Waals surface area contributed by atoms with E-state index in [1.807, 2.05) is 24.3 Å². The minimum atomic E-state index is -2.92. The summed E-state index contributed by atoms with van der Waals surface area (Å²) in [6.45, 7) is -2.03. The Kier molecular flexibility index (Phi) is 7.66. The first-order valence-corrected chi connectivity index (χ1v) is 8.25. The van der Waals surface area contributed by atoms with Crippen LogP contribution < -0.4 is 24.8 Å². The molecule has 2 N–H and O–H groups in total. The van der Waals surface area contributed by atoms with E-state index in [0.717, 1.165) is 16.9 Å². The van der Waals surface area contributed by atoms with Crippen LogP contribution in [0.3, 0.4) is 0 Å². The molecule has 0 atom stereocenters. The van der Waals surface area contributed by atoms with Crippen molar-refractivity contribution < 1.29 is 23.0 Å². The molecule has 8 heteroatoms. The summed E-state index contributed by atoms with van der Waals surface area (Å²) in [5.74, 6) is 1.58. The Morgan fingerprint density at radius 3 is 2.33 bits per heavy atom. The third kappa shape index (κ3) is 6.02. The summed E-state index contributed by atoms with van der Waals surface area (Å²) >= 11 is 0. The van der Waals surface area contributed by atoms with E-state index < -0.39 is 6.61 Å². The molecule has 0 saturated carbocycles. The highest BCUT2D eigenvalue weighted by molar-refractivity contribution is 5.79. The number of methoxy groups -OCH3 is 2. The number of para-hydroxylation sites is 1. The summed E-state index contributed by atoms with van der Waals surface area (Å²) in [6, 6.07) is 12.5. The van der Waals surface area contributed by atoms with Gasteiger partial charge in [-0.1, -0.05) is 24.3 Å². The molecule has 2 aromatic carbocycles. The minimum absolute atomic E-state index is 0.0104. The fourth-order valence-corrected chi connectivity index (χ4v) is 2.45. The summed E-state index contributed by atoms with van der Waals surface area (Å²) in [5.41, 5.74) is 1.73. The molecule has 0 aliphatic rings. The smallest absolute Gasteiger partial charge is 0.387 e. The van der Waals surface area contributed by atoms with Crippen LogP contribution in [-0.4, -0.2) is 33.8 Å². The lowest BCUT2D eigenvalue weighted by atomic mass is 10.2. The Morgan fingerprint density at radius 2 is 1.67 bits per heavy atom. The number of nitrogens with one attached hydrogen (secondary N) is 2. The molecule has 0 heterocycles. The van der Waals surface area contributed by atoms with E-state index >= 15 is 0 Å². The average molecular weight is 379 g/mol. The summed E-state index contributed by atoms with van der Waals surface area (Å²) in [6.07, 6.45) is 0. The molecule has 2 aromatic rings. The van der Waals surface area contributed by atoms with Crippen LogP contribution >= 0.6 is 0 Å². The molecule has 0 radical (unpaired) electrons. The topological polar surface area (TPSA) is 64.1 Å². The largest absolute Gasteiger partial charge is 0.496 e. The van der Waals surface area contributed by atoms with Crippen molar-refractivity contribution in [2.75, 3.05) is 21.3 Å². The summed E-state index contributed by atoms with van der Waals surface area (Å²) < 4.78 is 39.9. The van der Waals surface area contributed by atoms with Gasteiger partial charge in [0.15, 0.2) is 17.5 Å². The van der Waals surface area contributed by atoms with E-state index in [4.69, 9.17) is 9.47 Å². The Labute approximate surface area is 157 Å². The molecule has 0 spiro atoms. The van der Waals surface area contributed by atoms with Crippen LogP contribution in [0.1, 0.15) is 11.1 Å². The van der Waals surface area contributed by atoms with Crippen molar-refractivity contribution in [2.24, 2.45) is 4.99 Å². The maximum absolute atomic E-state index is 12.5. The number of benzene rings is 2. The lowest BCUT2D eigenvalue weighted by Gasteiger charge is -2.15. The molecule has 27 heavy (non-hydrogen) atoms. The molecule has 0 unspecified atom stereocenters. The normalized spacial score (nSPS) is 11.3. The lowest BCUT2D eigenvalue weighted by molar-refractivity contribution is -0.0512. The van der Waals surface area contributed by atoms with Crippen molar-refractivity contribution >= 4 is 5.96 Å². The number of halogens is 2. The van der Waals surface area contributed by atoms with Gasteiger partial charge in [-0.3, -0.25) is 4.99 Å². The molecule has 0 aliphatic heterocycles. The summed E-state index contributed by atoms with van der Waals surface area (Å²) in [5, 5.41) is 6.31. The van der Waals surface area contributed by atoms with Gasteiger partial charge in [0.05, 0.1) is 14.2 Å². The Hall–Kier alpha value is -3.03. The number of rotatable bonds is 8.